The van der Waals surface area contributed by atoms with Crippen molar-refractivity contribution in [3.8, 4) is 5.95 Å². The van der Waals surface area contributed by atoms with E-state index < -0.39 is 23.2 Å². The molecule has 0 bridgehead atoms. The highest BCUT2D eigenvalue weighted by molar-refractivity contribution is 5.85. The maximum absolute atomic E-state index is 13.9. The molecule has 0 radical (unpaired) electrons. The number of carbonyl (C=O) groups is 1. The van der Waals surface area contributed by atoms with Crippen molar-refractivity contribution in [1.82, 2.24) is 28.7 Å². The monoisotopic (exact) mass is 482 g/mol. The lowest BCUT2D eigenvalue weighted by molar-refractivity contribution is 0.0523. The molecule has 0 amide bonds. The topological polar surface area (TPSA) is 106 Å². The molecule has 5 rings (SSSR count). The molecule has 184 valence electrons. The first kappa shape index (κ1) is 23.2. The summed E-state index contributed by atoms with van der Waals surface area (Å²) >= 11 is 0. The minimum atomic E-state index is -0.790. The number of carbonyl (C=O) groups excluding carboxylic acids is 1. The maximum atomic E-state index is 13.9. The molecule has 3 heterocycles. The SMILES string of the molecule is CO[C@H]1CC[C@H](n2c(=O)n(C(=O)OC(C)(C)C)c3cnc(-n4cnc5ccc(F)cc54)nc32)CC1. The molecule has 0 N–H and O–H groups in total. The van der Waals surface area contributed by atoms with Crippen LogP contribution in [0.4, 0.5) is 9.18 Å². The highest BCUT2D eigenvalue weighted by atomic mass is 19.1. The van der Waals surface area contributed by atoms with E-state index in [1.165, 1.54) is 24.7 Å². The van der Waals surface area contributed by atoms with Gasteiger partial charge in [-0.1, -0.05) is 0 Å². The summed E-state index contributed by atoms with van der Waals surface area (Å²) in [7, 11) is 1.68. The van der Waals surface area contributed by atoms with E-state index >= 15 is 0 Å². The largest absolute Gasteiger partial charge is 0.443 e. The van der Waals surface area contributed by atoms with E-state index in [1.54, 1.807) is 43.1 Å². The lowest BCUT2D eigenvalue weighted by Gasteiger charge is -2.28. The van der Waals surface area contributed by atoms with Crippen molar-refractivity contribution in [2.45, 2.75) is 64.2 Å². The predicted molar refractivity (Wildman–Crippen MR) is 126 cm³/mol. The molecule has 0 spiro atoms. The summed E-state index contributed by atoms with van der Waals surface area (Å²) in [6.45, 7) is 5.21. The molecule has 1 aliphatic rings. The Balaban J connectivity index is 1.68. The fourth-order valence-electron chi connectivity index (χ4n) is 4.60. The van der Waals surface area contributed by atoms with E-state index in [0.29, 0.717) is 29.5 Å². The molecule has 10 nitrogen and oxygen atoms in total. The van der Waals surface area contributed by atoms with E-state index in [0.717, 1.165) is 17.4 Å². The number of benzene rings is 1. The third-order valence-corrected chi connectivity index (χ3v) is 6.25. The summed E-state index contributed by atoms with van der Waals surface area (Å²) in [5, 5.41) is 0. The van der Waals surface area contributed by atoms with Crippen molar-refractivity contribution in [3.05, 3.63) is 47.0 Å². The van der Waals surface area contributed by atoms with Crippen molar-refractivity contribution in [1.29, 1.82) is 0 Å². The van der Waals surface area contributed by atoms with Crippen molar-refractivity contribution in [2.75, 3.05) is 7.11 Å². The molecule has 1 aliphatic carbocycles. The normalized spacial score (nSPS) is 18.9. The van der Waals surface area contributed by atoms with E-state index in [1.807, 2.05) is 0 Å². The Hall–Kier alpha value is -3.60. The predicted octanol–water partition coefficient (Wildman–Crippen LogP) is 3.98. The van der Waals surface area contributed by atoms with Gasteiger partial charge in [0.15, 0.2) is 5.65 Å². The van der Waals surface area contributed by atoms with Crippen LogP contribution in [-0.4, -0.2) is 53.6 Å². The van der Waals surface area contributed by atoms with E-state index in [-0.39, 0.29) is 23.6 Å². The van der Waals surface area contributed by atoms with Crippen LogP contribution in [0.1, 0.15) is 52.5 Å². The van der Waals surface area contributed by atoms with Crippen LogP contribution in [0, 0.1) is 5.82 Å². The number of imidazole rings is 2. The summed E-state index contributed by atoms with van der Waals surface area (Å²) in [6.07, 6.45) is 5.25. The Labute approximate surface area is 200 Å². The third kappa shape index (κ3) is 4.20. The van der Waals surface area contributed by atoms with Gasteiger partial charge in [0, 0.05) is 19.2 Å². The van der Waals surface area contributed by atoms with Crippen LogP contribution in [-0.2, 0) is 9.47 Å². The van der Waals surface area contributed by atoms with Gasteiger partial charge < -0.3 is 9.47 Å². The summed E-state index contributed by atoms with van der Waals surface area (Å²) in [6, 6.07) is 4.09. The summed E-state index contributed by atoms with van der Waals surface area (Å²) < 4.78 is 29.0. The Morgan fingerprint density at radius 1 is 1.11 bits per heavy atom. The number of fused-ring (bicyclic) bond motifs is 2. The molecule has 0 atom stereocenters. The van der Waals surface area contributed by atoms with Crippen LogP contribution < -0.4 is 5.69 Å². The van der Waals surface area contributed by atoms with Gasteiger partial charge in [-0.2, -0.15) is 9.55 Å². The van der Waals surface area contributed by atoms with Crippen LogP contribution in [0.5, 0.6) is 0 Å². The molecule has 0 unspecified atom stereocenters. The minimum Gasteiger partial charge on any atom is -0.443 e. The van der Waals surface area contributed by atoms with E-state index in [4.69, 9.17) is 9.47 Å². The van der Waals surface area contributed by atoms with Crippen molar-refractivity contribution < 1.29 is 18.7 Å². The highest BCUT2D eigenvalue weighted by Crippen LogP contribution is 2.31. The Morgan fingerprint density at radius 3 is 2.54 bits per heavy atom. The fraction of sp³-hybridized carbons (Fsp3) is 0.458. The zero-order valence-electron chi connectivity index (χ0n) is 20.1. The molecule has 35 heavy (non-hydrogen) atoms. The molecule has 11 heteroatoms. The quantitative estimate of drug-likeness (QED) is 0.435. The molecule has 1 saturated carbocycles. The highest BCUT2D eigenvalue weighted by Gasteiger charge is 2.31. The second-order valence-electron chi connectivity index (χ2n) is 9.76. The third-order valence-electron chi connectivity index (χ3n) is 6.25. The number of hydrogen-bond acceptors (Lipinski definition) is 7. The molecule has 4 aromatic rings. The van der Waals surface area contributed by atoms with Crippen LogP contribution in [0.3, 0.4) is 0 Å². The van der Waals surface area contributed by atoms with Gasteiger partial charge in [0.05, 0.1) is 23.3 Å². The second-order valence-corrected chi connectivity index (χ2v) is 9.76. The number of nitrogens with zero attached hydrogens (tertiary/aromatic N) is 6. The van der Waals surface area contributed by atoms with E-state index in [9.17, 15) is 14.0 Å². The van der Waals surface area contributed by atoms with Gasteiger partial charge in [0.1, 0.15) is 23.3 Å². The standard InChI is InChI=1S/C24H27FN6O4/c1-24(2,3)35-23(33)31-19-12-26-21(29-13-27-17-10-5-14(25)11-18(17)29)28-20(19)30(22(31)32)15-6-8-16(34-4)9-7-15/h5,10-13,15-16H,6-9H2,1-4H3/t15-,16-. The zero-order chi connectivity index (χ0) is 24.9. The number of halogens is 1. The molecule has 0 saturated heterocycles. The molecule has 1 fully saturated rings. The van der Waals surface area contributed by atoms with Gasteiger partial charge >= 0.3 is 11.8 Å². The Kier molecular flexibility index (Phi) is 5.66. The molecule has 0 aliphatic heterocycles. The summed E-state index contributed by atoms with van der Waals surface area (Å²) in [4.78, 5) is 39.9. The van der Waals surface area contributed by atoms with Crippen LogP contribution >= 0.6 is 0 Å². The fourth-order valence-corrected chi connectivity index (χ4v) is 4.60. The van der Waals surface area contributed by atoms with Crippen LogP contribution in [0.15, 0.2) is 35.5 Å². The lowest BCUT2D eigenvalue weighted by atomic mass is 9.93. The molecule has 3 aromatic heterocycles. The molecule has 1 aromatic carbocycles. The number of hydrogen-bond donors (Lipinski definition) is 0. The average Bonchev–Trinajstić information content (AvgIpc) is 3.35. The van der Waals surface area contributed by atoms with Gasteiger partial charge in [-0.15, -0.1) is 0 Å². The first-order valence-electron chi connectivity index (χ1n) is 11.6. The second kappa shape index (κ2) is 8.56. The first-order chi connectivity index (χ1) is 16.7. The number of ether oxygens (including phenoxy) is 2. The smallest absolute Gasteiger partial charge is 0.423 e. The number of rotatable bonds is 3. The first-order valence-corrected chi connectivity index (χ1v) is 11.6. The van der Waals surface area contributed by atoms with Gasteiger partial charge in [0.25, 0.3) is 0 Å². The minimum absolute atomic E-state index is 0.138. The summed E-state index contributed by atoms with van der Waals surface area (Å²) in [5.41, 5.74) is 0.315. The number of aromatic nitrogens is 6. The maximum Gasteiger partial charge on any atom is 0.423 e. The van der Waals surface area contributed by atoms with Gasteiger partial charge in [-0.25, -0.2) is 23.9 Å². The van der Waals surface area contributed by atoms with Gasteiger partial charge in [0.2, 0.25) is 5.95 Å². The van der Waals surface area contributed by atoms with E-state index in [2.05, 4.69) is 15.0 Å². The van der Waals surface area contributed by atoms with Gasteiger partial charge in [-0.3, -0.25) is 9.13 Å². The molecular formula is C24H27FN6O4. The van der Waals surface area contributed by atoms with Gasteiger partial charge in [-0.05, 0) is 58.6 Å². The van der Waals surface area contributed by atoms with Crippen LogP contribution in [0.2, 0.25) is 0 Å². The van der Waals surface area contributed by atoms with Crippen molar-refractivity contribution in [3.63, 3.8) is 0 Å². The van der Waals surface area contributed by atoms with Crippen LogP contribution in [0.25, 0.3) is 28.1 Å². The van der Waals surface area contributed by atoms with Crippen molar-refractivity contribution >= 4 is 28.3 Å². The molecular weight excluding hydrogens is 455 g/mol. The zero-order valence-corrected chi connectivity index (χ0v) is 20.1. The summed E-state index contributed by atoms with van der Waals surface area (Å²) in [5.74, 6) is -0.200. The number of methoxy groups -OCH3 is 1. The van der Waals surface area contributed by atoms with Crippen molar-refractivity contribution in [2.24, 2.45) is 0 Å². The lowest BCUT2D eigenvalue weighted by Crippen LogP contribution is -2.36. The Morgan fingerprint density at radius 2 is 1.86 bits per heavy atom. The Bertz CT molecular complexity index is 1470. The average molecular weight is 483 g/mol.